The molecule has 0 aliphatic rings. The normalized spacial score (nSPS) is 10.1. The zero-order valence-corrected chi connectivity index (χ0v) is 9.21. The van der Waals surface area contributed by atoms with E-state index in [1.165, 1.54) is 18.2 Å². The molecule has 1 aromatic rings. The number of ether oxygens (including phenoxy) is 1. The van der Waals surface area contributed by atoms with Crippen molar-refractivity contribution in [2.24, 2.45) is 0 Å². The minimum Gasteiger partial charge on any atom is -0.506 e. The molecule has 0 atom stereocenters. The predicted octanol–water partition coefficient (Wildman–Crippen LogP) is 3.00. The summed E-state index contributed by atoms with van der Waals surface area (Å²) < 4.78 is 4.87. The van der Waals surface area contributed by atoms with Gasteiger partial charge in [-0.3, -0.25) is 5.32 Å². The highest BCUT2D eigenvalue weighted by Gasteiger charge is 2.06. The molecule has 0 aromatic heterocycles. The quantitative estimate of drug-likeness (QED) is 0.767. The average Bonchev–Trinajstić information content (AvgIpc) is 2.10. The zero-order valence-electron chi connectivity index (χ0n) is 8.45. The first-order chi connectivity index (χ1) is 6.99. The Kier molecular flexibility index (Phi) is 3.80. The zero-order chi connectivity index (χ0) is 11.4. The molecule has 0 unspecified atom stereocenters. The van der Waals surface area contributed by atoms with Crippen molar-refractivity contribution in [1.29, 1.82) is 0 Å². The van der Waals surface area contributed by atoms with Crippen LogP contribution in [0.25, 0.3) is 0 Å². The van der Waals surface area contributed by atoms with E-state index in [-0.39, 0.29) is 16.9 Å². The molecule has 0 saturated carbocycles. The Morgan fingerprint density at radius 2 is 2.20 bits per heavy atom. The van der Waals surface area contributed by atoms with Gasteiger partial charge >= 0.3 is 6.09 Å². The second-order valence-corrected chi connectivity index (χ2v) is 3.65. The van der Waals surface area contributed by atoms with Crippen LogP contribution < -0.4 is 5.32 Å². The maximum atomic E-state index is 11.2. The third-order valence-electron chi connectivity index (χ3n) is 1.54. The van der Waals surface area contributed by atoms with Crippen LogP contribution in [0.4, 0.5) is 10.5 Å². The number of carbonyl (C=O) groups excluding carboxylic acids is 1. The van der Waals surface area contributed by atoms with E-state index >= 15 is 0 Å². The van der Waals surface area contributed by atoms with Gasteiger partial charge in [-0.05, 0) is 32.0 Å². The second-order valence-electron chi connectivity index (χ2n) is 3.25. The number of phenolic OH excluding ortho intramolecular Hbond substituents is 1. The molecule has 5 heteroatoms. The highest BCUT2D eigenvalue weighted by Crippen LogP contribution is 2.26. The van der Waals surface area contributed by atoms with Crippen molar-refractivity contribution < 1.29 is 14.6 Å². The fraction of sp³-hybridized carbons (Fsp3) is 0.300. The van der Waals surface area contributed by atoms with E-state index in [1.807, 2.05) is 0 Å². The van der Waals surface area contributed by atoms with E-state index in [0.29, 0.717) is 5.69 Å². The molecule has 82 valence electrons. The Balaban J connectivity index is 2.65. The van der Waals surface area contributed by atoms with Gasteiger partial charge in [-0.1, -0.05) is 11.6 Å². The third kappa shape index (κ3) is 3.67. The van der Waals surface area contributed by atoms with Gasteiger partial charge in [0, 0.05) is 5.69 Å². The van der Waals surface area contributed by atoms with Gasteiger partial charge < -0.3 is 9.84 Å². The summed E-state index contributed by atoms with van der Waals surface area (Å²) in [5, 5.41) is 11.8. The smallest absolute Gasteiger partial charge is 0.411 e. The van der Waals surface area contributed by atoms with E-state index in [4.69, 9.17) is 21.4 Å². The van der Waals surface area contributed by atoms with Crippen molar-refractivity contribution in [3.8, 4) is 5.75 Å². The third-order valence-corrected chi connectivity index (χ3v) is 1.84. The van der Waals surface area contributed by atoms with E-state index in [2.05, 4.69) is 5.32 Å². The molecule has 0 aliphatic carbocycles. The molecule has 0 fully saturated rings. The number of carbonyl (C=O) groups is 1. The topological polar surface area (TPSA) is 58.6 Å². The largest absolute Gasteiger partial charge is 0.506 e. The Morgan fingerprint density at radius 1 is 1.53 bits per heavy atom. The SMILES string of the molecule is CC(C)OC(=O)Nc1ccc(O)c(Cl)c1. The van der Waals surface area contributed by atoms with Gasteiger partial charge in [0.15, 0.2) is 0 Å². The predicted molar refractivity (Wildman–Crippen MR) is 58.4 cm³/mol. The molecule has 1 aromatic carbocycles. The van der Waals surface area contributed by atoms with Gasteiger partial charge in [-0.25, -0.2) is 4.79 Å². The summed E-state index contributed by atoms with van der Waals surface area (Å²) in [4.78, 5) is 11.2. The number of halogens is 1. The molecule has 15 heavy (non-hydrogen) atoms. The molecule has 4 nitrogen and oxygen atoms in total. The number of nitrogens with one attached hydrogen (secondary N) is 1. The van der Waals surface area contributed by atoms with Crippen LogP contribution in [0.3, 0.4) is 0 Å². The molecular formula is C10H12ClNO3. The maximum Gasteiger partial charge on any atom is 0.411 e. The fourth-order valence-corrected chi connectivity index (χ4v) is 1.13. The standard InChI is InChI=1S/C10H12ClNO3/c1-6(2)15-10(14)12-7-3-4-9(13)8(11)5-7/h3-6,13H,1-2H3,(H,12,14). The highest BCUT2D eigenvalue weighted by atomic mass is 35.5. The van der Waals surface area contributed by atoms with Gasteiger partial charge in [0.1, 0.15) is 5.75 Å². The summed E-state index contributed by atoms with van der Waals surface area (Å²) >= 11 is 5.66. The number of phenols is 1. The minimum absolute atomic E-state index is 0.0283. The molecule has 0 radical (unpaired) electrons. The first-order valence-electron chi connectivity index (χ1n) is 4.45. The van der Waals surface area contributed by atoms with Crippen LogP contribution in [0.2, 0.25) is 5.02 Å². The van der Waals surface area contributed by atoms with Gasteiger partial charge in [-0.15, -0.1) is 0 Å². The van der Waals surface area contributed by atoms with Crippen LogP contribution in [-0.4, -0.2) is 17.3 Å². The highest BCUT2D eigenvalue weighted by molar-refractivity contribution is 6.32. The molecular weight excluding hydrogens is 218 g/mol. The molecule has 0 heterocycles. The first kappa shape index (κ1) is 11.7. The Hall–Kier alpha value is -1.42. The van der Waals surface area contributed by atoms with Crippen molar-refractivity contribution in [3.05, 3.63) is 23.2 Å². The van der Waals surface area contributed by atoms with Gasteiger partial charge in [0.2, 0.25) is 0 Å². The number of hydrogen-bond acceptors (Lipinski definition) is 3. The van der Waals surface area contributed by atoms with Crippen molar-refractivity contribution in [3.63, 3.8) is 0 Å². The van der Waals surface area contributed by atoms with Crippen molar-refractivity contribution >= 4 is 23.4 Å². The van der Waals surface area contributed by atoms with E-state index in [9.17, 15) is 4.79 Å². The van der Waals surface area contributed by atoms with Gasteiger partial charge in [0.25, 0.3) is 0 Å². The molecule has 1 amide bonds. The molecule has 0 aliphatic heterocycles. The Morgan fingerprint density at radius 3 is 2.73 bits per heavy atom. The van der Waals surface area contributed by atoms with Crippen LogP contribution in [0.1, 0.15) is 13.8 Å². The van der Waals surface area contributed by atoms with E-state index in [0.717, 1.165) is 0 Å². The number of aromatic hydroxyl groups is 1. The van der Waals surface area contributed by atoms with Crippen LogP contribution in [-0.2, 0) is 4.74 Å². The molecule has 2 N–H and O–H groups in total. The maximum absolute atomic E-state index is 11.2. The van der Waals surface area contributed by atoms with E-state index in [1.54, 1.807) is 13.8 Å². The lowest BCUT2D eigenvalue weighted by Gasteiger charge is -2.09. The summed E-state index contributed by atoms with van der Waals surface area (Å²) in [6, 6.07) is 4.37. The lowest BCUT2D eigenvalue weighted by molar-refractivity contribution is 0.130. The van der Waals surface area contributed by atoms with Gasteiger partial charge in [0.05, 0.1) is 11.1 Å². The average molecular weight is 230 g/mol. The van der Waals surface area contributed by atoms with Crippen molar-refractivity contribution in [2.45, 2.75) is 20.0 Å². The summed E-state index contributed by atoms with van der Waals surface area (Å²) in [6.07, 6.45) is -0.732. The number of anilines is 1. The van der Waals surface area contributed by atoms with E-state index < -0.39 is 6.09 Å². The monoisotopic (exact) mass is 229 g/mol. The number of hydrogen-bond donors (Lipinski definition) is 2. The van der Waals surface area contributed by atoms with Crippen LogP contribution >= 0.6 is 11.6 Å². The Labute approximate surface area is 92.8 Å². The minimum atomic E-state index is -0.549. The molecule has 0 spiro atoms. The summed E-state index contributed by atoms with van der Waals surface area (Å²) in [6.45, 7) is 3.51. The van der Waals surface area contributed by atoms with Crippen LogP contribution in [0.15, 0.2) is 18.2 Å². The molecule has 0 bridgehead atoms. The van der Waals surface area contributed by atoms with Crippen molar-refractivity contribution in [1.82, 2.24) is 0 Å². The second kappa shape index (κ2) is 4.89. The number of rotatable bonds is 2. The molecule has 0 saturated heterocycles. The summed E-state index contributed by atoms with van der Waals surface area (Å²) in [5.74, 6) is -0.0283. The first-order valence-corrected chi connectivity index (χ1v) is 4.83. The summed E-state index contributed by atoms with van der Waals surface area (Å²) in [5.41, 5.74) is 0.475. The fourth-order valence-electron chi connectivity index (χ4n) is 0.946. The van der Waals surface area contributed by atoms with Crippen LogP contribution in [0, 0.1) is 0 Å². The molecule has 1 rings (SSSR count). The summed E-state index contributed by atoms with van der Waals surface area (Å²) in [7, 11) is 0. The van der Waals surface area contributed by atoms with Crippen LogP contribution in [0.5, 0.6) is 5.75 Å². The number of amides is 1. The Bertz CT molecular complexity index is 366. The van der Waals surface area contributed by atoms with Gasteiger partial charge in [-0.2, -0.15) is 0 Å². The van der Waals surface area contributed by atoms with Crippen molar-refractivity contribution in [2.75, 3.05) is 5.32 Å². The number of benzene rings is 1. The lowest BCUT2D eigenvalue weighted by Crippen LogP contribution is -2.17. The lowest BCUT2D eigenvalue weighted by atomic mass is 10.3.